The molecule has 8 heteroatoms. The van der Waals surface area contributed by atoms with Crippen molar-refractivity contribution in [3.05, 3.63) is 64.4 Å². The lowest BCUT2D eigenvalue weighted by Gasteiger charge is -2.13. The Kier molecular flexibility index (Phi) is 6.83. The van der Waals surface area contributed by atoms with Crippen LogP contribution in [0.15, 0.2) is 47.6 Å². The molecule has 1 saturated carbocycles. The molecule has 4 rings (SSSR count). The van der Waals surface area contributed by atoms with Crippen LogP contribution < -0.4 is 10.1 Å². The Bertz CT molecular complexity index is 1080. The number of para-hydroxylation sites is 2. The van der Waals surface area contributed by atoms with E-state index in [9.17, 15) is 4.79 Å². The number of nitrogens with zero attached hydrogens (tertiary/aromatic N) is 3. The van der Waals surface area contributed by atoms with E-state index in [1.165, 1.54) is 11.8 Å². The van der Waals surface area contributed by atoms with Gasteiger partial charge in [-0.2, -0.15) is 0 Å². The third kappa shape index (κ3) is 5.22. The summed E-state index contributed by atoms with van der Waals surface area (Å²) in [6.45, 7) is 4.38. The molecular weight excluding hydrogens is 432 g/mol. The lowest BCUT2D eigenvalue weighted by atomic mass is 10.1. The molecule has 1 aromatic heterocycles. The van der Waals surface area contributed by atoms with Crippen molar-refractivity contribution in [1.82, 2.24) is 14.8 Å². The van der Waals surface area contributed by atoms with Crippen LogP contribution in [0, 0.1) is 6.92 Å². The molecule has 0 spiro atoms. The first-order valence-electron chi connectivity index (χ1n) is 10.4. The maximum atomic E-state index is 12.6. The van der Waals surface area contributed by atoms with Gasteiger partial charge in [0, 0.05) is 11.7 Å². The molecule has 1 fully saturated rings. The molecule has 3 aromatic rings. The molecular formula is C23H25ClN4O2S. The van der Waals surface area contributed by atoms with Crippen molar-refractivity contribution in [2.45, 2.75) is 50.9 Å². The Morgan fingerprint density at radius 2 is 2.03 bits per heavy atom. The highest BCUT2D eigenvalue weighted by Crippen LogP contribution is 2.39. The van der Waals surface area contributed by atoms with Crippen LogP contribution in [-0.4, -0.2) is 26.4 Å². The van der Waals surface area contributed by atoms with Crippen LogP contribution in [0.2, 0.25) is 5.02 Å². The number of aryl methyl sites for hydroxylation is 2. The maximum absolute atomic E-state index is 12.6. The molecule has 1 heterocycles. The second-order valence-corrected chi connectivity index (χ2v) is 8.87. The molecule has 0 saturated heterocycles. The lowest BCUT2D eigenvalue weighted by Crippen LogP contribution is -2.17. The van der Waals surface area contributed by atoms with Gasteiger partial charge in [-0.05, 0) is 49.4 Å². The van der Waals surface area contributed by atoms with E-state index in [1.807, 2.05) is 43.3 Å². The molecule has 0 unspecified atom stereocenters. The second-order valence-electron chi connectivity index (χ2n) is 7.52. The summed E-state index contributed by atoms with van der Waals surface area (Å²) >= 11 is 7.58. The molecule has 0 atom stereocenters. The monoisotopic (exact) mass is 456 g/mol. The number of hydrogen-bond donors (Lipinski definition) is 1. The molecule has 0 aliphatic heterocycles. The molecule has 1 aliphatic rings. The predicted molar refractivity (Wildman–Crippen MR) is 124 cm³/mol. The maximum Gasteiger partial charge on any atom is 0.234 e. The number of carbonyl (C=O) groups excluding carboxylic acids is 1. The Morgan fingerprint density at radius 3 is 2.77 bits per heavy atom. The lowest BCUT2D eigenvalue weighted by molar-refractivity contribution is -0.113. The number of hydrogen-bond acceptors (Lipinski definition) is 5. The van der Waals surface area contributed by atoms with Gasteiger partial charge in [0.15, 0.2) is 11.0 Å². The van der Waals surface area contributed by atoms with E-state index in [2.05, 4.69) is 27.0 Å². The van der Waals surface area contributed by atoms with E-state index in [-0.39, 0.29) is 18.3 Å². The van der Waals surface area contributed by atoms with Gasteiger partial charge in [-0.25, -0.2) is 0 Å². The summed E-state index contributed by atoms with van der Waals surface area (Å²) in [5, 5.41) is 13.0. The van der Waals surface area contributed by atoms with Crippen molar-refractivity contribution in [3.63, 3.8) is 0 Å². The van der Waals surface area contributed by atoms with Crippen LogP contribution in [0.3, 0.4) is 0 Å². The summed E-state index contributed by atoms with van der Waals surface area (Å²) in [4.78, 5) is 12.6. The van der Waals surface area contributed by atoms with E-state index >= 15 is 0 Å². The minimum absolute atomic E-state index is 0.0479. The quantitative estimate of drug-likeness (QED) is 0.434. The summed E-state index contributed by atoms with van der Waals surface area (Å²) in [5.74, 6) is 1.59. The second kappa shape index (κ2) is 9.75. The molecule has 1 amide bonds. The smallest absolute Gasteiger partial charge is 0.234 e. The number of halogens is 1. The van der Waals surface area contributed by atoms with Gasteiger partial charge in [0.05, 0.1) is 10.8 Å². The summed E-state index contributed by atoms with van der Waals surface area (Å²) in [6, 6.07) is 13.8. The Morgan fingerprint density at radius 1 is 1.23 bits per heavy atom. The van der Waals surface area contributed by atoms with E-state index in [0.29, 0.717) is 16.8 Å². The van der Waals surface area contributed by atoms with Gasteiger partial charge < -0.3 is 10.1 Å². The van der Waals surface area contributed by atoms with Crippen LogP contribution in [0.1, 0.15) is 42.8 Å². The Labute approximate surface area is 191 Å². The summed E-state index contributed by atoms with van der Waals surface area (Å²) in [5.41, 5.74) is 3.12. The molecule has 162 valence electrons. The Balaban J connectivity index is 1.41. The number of benzene rings is 2. The minimum Gasteiger partial charge on any atom is -0.484 e. The molecule has 0 bridgehead atoms. The zero-order chi connectivity index (χ0) is 21.8. The summed E-state index contributed by atoms with van der Waals surface area (Å²) in [7, 11) is 0. The van der Waals surface area contributed by atoms with Crippen molar-refractivity contribution < 1.29 is 9.53 Å². The standard InChI is InChI=1S/C23H25ClN4O2S/c1-3-16-8-6-7-15(2)22(16)25-21(29)14-31-23-27-26-20(28(23)17-11-12-17)13-30-19-10-5-4-9-18(19)24/h4-10,17H,3,11-14H2,1-2H3,(H,25,29). The first kappa shape index (κ1) is 21.7. The molecule has 6 nitrogen and oxygen atoms in total. The van der Waals surface area contributed by atoms with Crippen molar-refractivity contribution in [2.24, 2.45) is 0 Å². The van der Waals surface area contributed by atoms with Crippen molar-refractivity contribution >= 4 is 35.0 Å². The van der Waals surface area contributed by atoms with Crippen molar-refractivity contribution in [1.29, 1.82) is 0 Å². The topological polar surface area (TPSA) is 69.0 Å². The molecule has 1 N–H and O–H groups in total. The van der Waals surface area contributed by atoms with Gasteiger partial charge in [-0.3, -0.25) is 9.36 Å². The minimum atomic E-state index is -0.0479. The Hall–Kier alpha value is -2.51. The van der Waals surface area contributed by atoms with Crippen molar-refractivity contribution in [2.75, 3.05) is 11.1 Å². The van der Waals surface area contributed by atoms with Crippen molar-refractivity contribution in [3.8, 4) is 5.75 Å². The first-order valence-corrected chi connectivity index (χ1v) is 11.8. The fraction of sp³-hybridized carbons (Fsp3) is 0.348. The van der Waals surface area contributed by atoms with Gasteiger partial charge in [-0.15, -0.1) is 10.2 Å². The summed E-state index contributed by atoms with van der Waals surface area (Å²) < 4.78 is 7.95. The van der Waals surface area contributed by atoms with E-state index in [1.54, 1.807) is 6.07 Å². The van der Waals surface area contributed by atoms with Gasteiger partial charge in [0.25, 0.3) is 0 Å². The highest BCUT2D eigenvalue weighted by Gasteiger charge is 2.30. The fourth-order valence-corrected chi connectivity index (χ4v) is 4.43. The number of carbonyl (C=O) groups is 1. The average molecular weight is 457 g/mol. The number of rotatable bonds is 9. The molecule has 1 aliphatic carbocycles. The highest BCUT2D eigenvalue weighted by atomic mass is 35.5. The summed E-state index contributed by atoms with van der Waals surface area (Å²) in [6.07, 6.45) is 3.04. The molecule has 0 radical (unpaired) electrons. The number of thioether (sulfide) groups is 1. The zero-order valence-corrected chi connectivity index (χ0v) is 19.2. The van der Waals surface area contributed by atoms with Gasteiger partial charge in [0.2, 0.25) is 5.91 Å². The number of amides is 1. The van der Waals surface area contributed by atoms with E-state index in [0.717, 1.165) is 47.1 Å². The first-order chi connectivity index (χ1) is 15.1. The molecule has 31 heavy (non-hydrogen) atoms. The van der Waals surface area contributed by atoms with E-state index in [4.69, 9.17) is 16.3 Å². The van der Waals surface area contributed by atoms with Gasteiger partial charge in [0.1, 0.15) is 12.4 Å². The van der Waals surface area contributed by atoms with Crippen LogP contribution in [-0.2, 0) is 17.8 Å². The molecule has 2 aromatic carbocycles. The zero-order valence-electron chi connectivity index (χ0n) is 17.6. The fourth-order valence-electron chi connectivity index (χ4n) is 3.42. The number of aromatic nitrogens is 3. The average Bonchev–Trinajstić information content (AvgIpc) is 3.53. The van der Waals surface area contributed by atoms with E-state index < -0.39 is 0 Å². The van der Waals surface area contributed by atoms with Crippen LogP contribution in [0.25, 0.3) is 0 Å². The predicted octanol–water partition coefficient (Wildman–Crippen LogP) is 5.45. The van der Waals surface area contributed by atoms with Crippen LogP contribution in [0.5, 0.6) is 5.75 Å². The highest BCUT2D eigenvalue weighted by molar-refractivity contribution is 7.99. The van der Waals surface area contributed by atoms with Gasteiger partial charge >= 0.3 is 0 Å². The third-order valence-electron chi connectivity index (χ3n) is 5.18. The third-order valence-corrected chi connectivity index (χ3v) is 6.43. The SMILES string of the molecule is CCc1cccc(C)c1NC(=O)CSc1nnc(COc2ccccc2Cl)n1C1CC1. The van der Waals surface area contributed by atoms with Gasteiger partial charge in [-0.1, -0.05) is 60.6 Å². The number of ether oxygens (including phenoxy) is 1. The number of anilines is 1. The van der Waals surface area contributed by atoms with Crippen LogP contribution in [0.4, 0.5) is 5.69 Å². The largest absolute Gasteiger partial charge is 0.484 e. The normalized spacial score (nSPS) is 13.3. The van der Waals surface area contributed by atoms with Crippen LogP contribution >= 0.6 is 23.4 Å². The number of nitrogens with one attached hydrogen (secondary N) is 1.